The van der Waals surface area contributed by atoms with Crippen LogP contribution in [0.1, 0.15) is 12.5 Å². The minimum absolute atomic E-state index is 0.176. The van der Waals surface area contributed by atoms with Crippen LogP contribution in [0.3, 0.4) is 0 Å². The number of para-hydroxylation sites is 1. The average molecular weight is 341 g/mol. The number of rotatable bonds is 9. The van der Waals surface area contributed by atoms with Crippen molar-refractivity contribution in [2.45, 2.75) is 6.92 Å². The van der Waals surface area contributed by atoms with Gasteiger partial charge < -0.3 is 19.5 Å². The molecule has 0 saturated heterocycles. The third-order valence-corrected chi connectivity index (χ3v) is 3.33. The maximum absolute atomic E-state index is 11.8. The van der Waals surface area contributed by atoms with E-state index in [4.69, 9.17) is 14.2 Å². The molecule has 0 unspecified atom stereocenters. The van der Waals surface area contributed by atoms with Gasteiger partial charge in [-0.3, -0.25) is 4.79 Å². The topological polar surface area (TPSA) is 56.8 Å². The Morgan fingerprint density at radius 3 is 2.60 bits per heavy atom. The Labute approximate surface area is 148 Å². The highest BCUT2D eigenvalue weighted by atomic mass is 16.5. The van der Waals surface area contributed by atoms with Gasteiger partial charge in [-0.25, -0.2) is 0 Å². The van der Waals surface area contributed by atoms with Crippen molar-refractivity contribution < 1.29 is 19.0 Å². The van der Waals surface area contributed by atoms with Crippen LogP contribution in [-0.4, -0.2) is 32.8 Å². The second kappa shape index (κ2) is 10.0. The maximum atomic E-state index is 11.8. The highest BCUT2D eigenvalue weighted by Crippen LogP contribution is 2.28. The van der Waals surface area contributed by atoms with E-state index in [1.54, 1.807) is 13.2 Å². The number of nitrogens with one attached hydrogen (secondary N) is 1. The molecule has 2 rings (SSSR count). The van der Waals surface area contributed by atoms with Crippen LogP contribution >= 0.6 is 0 Å². The number of carbonyl (C=O) groups excluding carboxylic acids is 1. The largest absolute Gasteiger partial charge is 0.493 e. The normalized spacial score (nSPS) is 10.5. The molecule has 5 heteroatoms. The molecule has 1 N–H and O–H groups in total. The third kappa shape index (κ3) is 6.22. The molecule has 0 saturated carbocycles. The molecule has 5 nitrogen and oxygen atoms in total. The van der Waals surface area contributed by atoms with Crippen molar-refractivity contribution in [1.29, 1.82) is 0 Å². The van der Waals surface area contributed by atoms with Crippen LogP contribution in [0.15, 0.2) is 54.6 Å². The first kappa shape index (κ1) is 18.4. The van der Waals surface area contributed by atoms with Gasteiger partial charge in [0.1, 0.15) is 12.4 Å². The summed E-state index contributed by atoms with van der Waals surface area (Å²) in [7, 11) is 1.59. The van der Waals surface area contributed by atoms with Gasteiger partial charge in [0.2, 0.25) is 5.91 Å². The lowest BCUT2D eigenvalue weighted by Crippen LogP contribution is -2.26. The van der Waals surface area contributed by atoms with Gasteiger partial charge in [-0.05, 0) is 42.8 Å². The van der Waals surface area contributed by atoms with E-state index < -0.39 is 0 Å². The maximum Gasteiger partial charge on any atom is 0.244 e. The number of methoxy groups -OCH3 is 1. The van der Waals surface area contributed by atoms with Crippen molar-refractivity contribution in [3.8, 4) is 17.2 Å². The Morgan fingerprint density at radius 1 is 1.08 bits per heavy atom. The molecule has 2 aromatic carbocycles. The Balaban J connectivity index is 1.79. The Morgan fingerprint density at radius 2 is 1.88 bits per heavy atom. The van der Waals surface area contributed by atoms with Crippen LogP contribution in [0.2, 0.25) is 0 Å². The first-order chi connectivity index (χ1) is 12.2. The minimum atomic E-state index is -0.176. The predicted octanol–water partition coefficient (Wildman–Crippen LogP) is 3.30. The molecule has 2 aromatic rings. The lowest BCUT2D eigenvalue weighted by atomic mass is 10.2. The van der Waals surface area contributed by atoms with Crippen LogP contribution in [0, 0.1) is 0 Å². The zero-order valence-electron chi connectivity index (χ0n) is 14.5. The van der Waals surface area contributed by atoms with Crippen molar-refractivity contribution in [3.63, 3.8) is 0 Å². The van der Waals surface area contributed by atoms with Crippen molar-refractivity contribution in [1.82, 2.24) is 5.32 Å². The molecule has 25 heavy (non-hydrogen) atoms. The number of benzene rings is 2. The van der Waals surface area contributed by atoms with E-state index in [-0.39, 0.29) is 5.91 Å². The molecule has 0 heterocycles. The SMILES string of the molecule is CCOc1ccc(C=CC(=O)NCCOc2ccccc2)cc1OC. The summed E-state index contributed by atoms with van der Waals surface area (Å²) in [6.07, 6.45) is 3.21. The van der Waals surface area contributed by atoms with Crippen molar-refractivity contribution in [3.05, 3.63) is 60.2 Å². The molecule has 0 aliphatic heterocycles. The van der Waals surface area contributed by atoms with Crippen LogP contribution < -0.4 is 19.5 Å². The van der Waals surface area contributed by atoms with Gasteiger partial charge in [0.15, 0.2) is 11.5 Å². The quantitative estimate of drug-likeness (QED) is 0.562. The molecule has 0 spiro atoms. The average Bonchev–Trinajstić information content (AvgIpc) is 2.65. The lowest BCUT2D eigenvalue weighted by molar-refractivity contribution is -0.116. The van der Waals surface area contributed by atoms with Crippen molar-refractivity contribution >= 4 is 12.0 Å². The molecule has 0 atom stereocenters. The molecule has 132 valence electrons. The molecule has 0 fully saturated rings. The number of hydrogen-bond acceptors (Lipinski definition) is 4. The van der Waals surface area contributed by atoms with Gasteiger partial charge in [0.05, 0.1) is 20.3 Å². The zero-order valence-corrected chi connectivity index (χ0v) is 14.5. The molecule has 0 radical (unpaired) electrons. The van der Waals surface area contributed by atoms with E-state index in [9.17, 15) is 4.79 Å². The Bertz CT molecular complexity index is 698. The van der Waals surface area contributed by atoms with E-state index in [1.807, 2.05) is 55.5 Å². The number of amides is 1. The van der Waals surface area contributed by atoms with E-state index in [0.29, 0.717) is 31.3 Å². The molecule has 0 aromatic heterocycles. The molecule has 0 bridgehead atoms. The summed E-state index contributed by atoms with van der Waals surface area (Å²) in [4.78, 5) is 11.8. The number of carbonyl (C=O) groups is 1. The standard InChI is InChI=1S/C20H23NO4/c1-3-24-18-11-9-16(15-19(18)23-2)10-12-20(22)21-13-14-25-17-7-5-4-6-8-17/h4-12,15H,3,13-14H2,1-2H3,(H,21,22). The van der Waals surface area contributed by atoms with E-state index in [2.05, 4.69) is 5.32 Å². The lowest BCUT2D eigenvalue weighted by Gasteiger charge is -2.09. The van der Waals surface area contributed by atoms with Gasteiger partial charge >= 0.3 is 0 Å². The number of ether oxygens (including phenoxy) is 3. The Hall–Kier alpha value is -2.95. The van der Waals surface area contributed by atoms with Crippen LogP contribution in [0.4, 0.5) is 0 Å². The molecular formula is C20H23NO4. The van der Waals surface area contributed by atoms with E-state index in [1.165, 1.54) is 6.08 Å². The highest BCUT2D eigenvalue weighted by molar-refractivity contribution is 5.91. The second-order valence-corrected chi connectivity index (χ2v) is 5.13. The second-order valence-electron chi connectivity index (χ2n) is 5.13. The summed E-state index contributed by atoms with van der Waals surface area (Å²) in [5.74, 6) is 1.93. The van der Waals surface area contributed by atoms with Crippen molar-refractivity contribution in [2.24, 2.45) is 0 Å². The molecule has 0 aliphatic carbocycles. The fourth-order valence-electron chi connectivity index (χ4n) is 2.15. The summed E-state index contributed by atoms with van der Waals surface area (Å²) in [5.41, 5.74) is 0.857. The number of hydrogen-bond donors (Lipinski definition) is 1. The van der Waals surface area contributed by atoms with Gasteiger partial charge in [-0.2, -0.15) is 0 Å². The van der Waals surface area contributed by atoms with Gasteiger partial charge in [-0.15, -0.1) is 0 Å². The van der Waals surface area contributed by atoms with Crippen molar-refractivity contribution in [2.75, 3.05) is 26.9 Å². The molecular weight excluding hydrogens is 318 g/mol. The molecule has 1 amide bonds. The van der Waals surface area contributed by atoms with E-state index in [0.717, 1.165) is 11.3 Å². The first-order valence-corrected chi connectivity index (χ1v) is 8.17. The zero-order chi connectivity index (χ0) is 17.9. The van der Waals surface area contributed by atoms with Gasteiger partial charge in [0.25, 0.3) is 0 Å². The summed E-state index contributed by atoms with van der Waals surface area (Å²) in [6.45, 7) is 3.34. The fraction of sp³-hybridized carbons (Fsp3) is 0.250. The van der Waals surface area contributed by atoms with Gasteiger partial charge in [0, 0.05) is 6.08 Å². The minimum Gasteiger partial charge on any atom is -0.493 e. The fourth-order valence-corrected chi connectivity index (χ4v) is 2.15. The monoisotopic (exact) mass is 341 g/mol. The first-order valence-electron chi connectivity index (χ1n) is 8.17. The highest BCUT2D eigenvalue weighted by Gasteiger charge is 2.04. The van der Waals surface area contributed by atoms with Gasteiger partial charge in [-0.1, -0.05) is 24.3 Å². The summed E-state index contributed by atoms with van der Waals surface area (Å²) in [5, 5.41) is 2.78. The third-order valence-electron chi connectivity index (χ3n) is 3.33. The van der Waals surface area contributed by atoms with Crippen LogP contribution in [-0.2, 0) is 4.79 Å². The Kier molecular flexibility index (Phi) is 7.38. The van der Waals surface area contributed by atoms with Crippen LogP contribution in [0.25, 0.3) is 6.08 Å². The van der Waals surface area contributed by atoms with Crippen LogP contribution in [0.5, 0.6) is 17.2 Å². The molecule has 0 aliphatic rings. The smallest absolute Gasteiger partial charge is 0.244 e. The van der Waals surface area contributed by atoms with E-state index >= 15 is 0 Å². The predicted molar refractivity (Wildman–Crippen MR) is 98.1 cm³/mol. The summed E-state index contributed by atoms with van der Waals surface area (Å²) < 4.78 is 16.3. The summed E-state index contributed by atoms with van der Waals surface area (Å²) in [6, 6.07) is 15.0. The summed E-state index contributed by atoms with van der Waals surface area (Å²) >= 11 is 0.